The van der Waals surface area contributed by atoms with Crippen LogP contribution in [0.4, 0.5) is 0 Å². The van der Waals surface area contributed by atoms with Gasteiger partial charge in [-0.05, 0) is 24.8 Å². The molecule has 0 radical (unpaired) electrons. The zero-order valence-electron chi connectivity index (χ0n) is 9.86. The Hall–Kier alpha value is -1.50. The molecule has 0 aromatic carbocycles. The summed E-state index contributed by atoms with van der Waals surface area (Å²) in [5.74, 6) is 0.962. The van der Waals surface area contributed by atoms with Crippen molar-refractivity contribution in [1.82, 2.24) is 20.0 Å². The lowest BCUT2D eigenvalue weighted by molar-refractivity contribution is 0.385. The Labute approximate surface area is 105 Å². The average molecular weight is 266 g/mol. The number of aromatic nitrogens is 4. The van der Waals surface area contributed by atoms with Crippen molar-refractivity contribution in [3.05, 3.63) is 18.5 Å². The van der Waals surface area contributed by atoms with Crippen LogP contribution in [0.2, 0.25) is 0 Å². The largest absolute Gasteiger partial charge is 0.262 e. The van der Waals surface area contributed by atoms with Crippen LogP contribution in [0.25, 0.3) is 11.0 Å². The molecule has 6 nitrogen and oxygen atoms in total. The molecule has 0 N–H and O–H groups in total. The fourth-order valence-electron chi connectivity index (χ4n) is 2.33. The smallest absolute Gasteiger partial charge is 0.150 e. The molecule has 1 aliphatic heterocycles. The van der Waals surface area contributed by atoms with E-state index in [-0.39, 0.29) is 0 Å². The Morgan fingerprint density at radius 1 is 1.33 bits per heavy atom. The van der Waals surface area contributed by atoms with E-state index >= 15 is 0 Å². The minimum Gasteiger partial charge on any atom is -0.262 e. The molecule has 0 aliphatic carbocycles. The summed E-state index contributed by atoms with van der Waals surface area (Å²) in [6.07, 6.45) is 4.83. The highest BCUT2D eigenvalue weighted by Crippen LogP contribution is 2.21. The maximum atomic E-state index is 11.4. The zero-order chi connectivity index (χ0) is 12.6. The standard InChI is InChI=1S/C11H14N4O2S/c16-18(17)5-2-9(3-6-18)8-15-11-1-4-12-7-10(11)13-14-15/h1,4,7,9H,2-3,5-6,8H2. The van der Waals surface area contributed by atoms with Gasteiger partial charge in [0.1, 0.15) is 15.4 Å². The second-order valence-electron chi connectivity index (χ2n) is 4.73. The van der Waals surface area contributed by atoms with Crippen molar-refractivity contribution in [3.8, 4) is 0 Å². The molecule has 1 fully saturated rings. The van der Waals surface area contributed by atoms with Gasteiger partial charge in [0.05, 0.1) is 23.2 Å². The van der Waals surface area contributed by atoms with Crippen molar-refractivity contribution >= 4 is 20.9 Å². The van der Waals surface area contributed by atoms with Gasteiger partial charge in [-0.2, -0.15) is 0 Å². The first-order valence-electron chi connectivity index (χ1n) is 5.98. The van der Waals surface area contributed by atoms with Crippen LogP contribution in [0.1, 0.15) is 12.8 Å². The molecule has 0 unspecified atom stereocenters. The summed E-state index contributed by atoms with van der Waals surface area (Å²) in [4.78, 5) is 4.00. The zero-order valence-corrected chi connectivity index (χ0v) is 10.7. The molecule has 18 heavy (non-hydrogen) atoms. The van der Waals surface area contributed by atoms with Crippen LogP contribution in [0, 0.1) is 5.92 Å². The second-order valence-corrected chi connectivity index (χ2v) is 7.03. The highest BCUT2D eigenvalue weighted by molar-refractivity contribution is 7.91. The average Bonchev–Trinajstić information content (AvgIpc) is 2.76. The lowest BCUT2D eigenvalue weighted by Gasteiger charge is -2.21. The van der Waals surface area contributed by atoms with Crippen molar-refractivity contribution in [2.45, 2.75) is 19.4 Å². The third kappa shape index (κ3) is 2.22. The van der Waals surface area contributed by atoms with Crippen LogP contribution in [0.3, 0.4) is 0 Å². The van der Waals surface area contributed by atoms with E-state index in [1.54, 1.807) is 12.4 Å². The van der Waals surface area contributed by atoms with Crippen LogP contribution < -0.4 is 0 Å². The van der Waals surface area contributed by atoms with E-state index in [4.69, 9.17) is 0 Å². The topological polar surface area (TPSA) is 77.7 Å². The molecular weight excluding hydrogens is 252 g/mol. The van der Waals surface area contributed by atoms with Crippen molar-refractivity contribution in [2.75, 3.05) is 11.5 Å². The van der Waals surface area contributed by atoms with E-state index in [2.05, 4.69) is 15.3 Å². The van der Waals surface area contributed by atoms with Gasteiger partial charge in [0.25, 0.3) is 0 Å². The van der Waals surface area contributed by atoms with E-state index in [0.29, 0.717) is 17.4 Å². The summed E-state index contributed by atoms with van der Waals surface area (Å²) in [6.45, 7) is 0.732. The fourth-order valence-corrected chi connectivity index (χ4v) is 3.91. The molecule has 7 heteroatoms. The Bertz CT molecular complexity index is 650. The SMILES string of the molecule is O=S1(=O)CCC(Cn2nnc3cnccc32)CC1. The molecule has 0 spiro atoms. The number of sulfone groups is 1. The summed E-state index contributed by atoms with van der Waals surface area (Å²) in [6, 6.07) is 1.88. The summed E-state index contributed by atoms with van der Waals surface area (Å²) in [5, 5.41) is 8.15. The minimum atomic E-state index is -2.79. The van der Waals surface area contributed by atoms with E-state index in [1.807, 2.05) is 10.7 Å². The predicted octanol–water partition coefficient (Wildman–Crippen LogP) is 0.651. The summed E-state index contributed by atoms with van der Waals surface area (Å²) < 4.78 is 24.6. The number of hydrogen-bond donors (Lipinski definition) is 0. The van der Waals surface area contributed by atoms with Crippen molar-refractivity contribution in [1.29, 1.82) is 0 Å². The van der Waals surface area contributed by atoms with Crippen molar-refractivity contribution in [3.63, 3.8) is 0 Å². The van der Waals surface area contributed by atoms with Gasteiger partial charge in [-0.15, -0.1) is 5.10 Å². The van der Waals surface area contributed by atoms with Gasteiger partial charge >= 0.3 is 0 Å². The molecule has 0 amide bonds. The molecule has 0 saturated carbocycles. The number of fused-ring (bicyclic) bond motifs is 1. The highest BCUT2D eigenvalue weighted by Gasteiger charge is 2.24. The molecule has 0 atom stereocenters. The van der Waals surface area contributed by atoms with Crippen molar-refractivity contribution in [2.24, 2.45) is 5.92 Å². The van der Waals surface area contributed by atoms with Gasteiger partial charge in [0.2, 0.25) is 0 Å². The number of hydrogen-bond acceptors (Lipinski definition) is 5. The third-order valence-electron chi connectivity index (χ3n) is 3.42. The monoisotopic (exact) mass is 266 g/mol. The van der Waals surface area contributed by atoms with Gasteiger partial charge < -0.3 is 0 Å². The van der Waals surface area contributed by atoms with Gasteiger partial charge in [0, 0.05) is 12.7 Å². The molecule has 3 heterocycles. The third-order valence-corrected chi connectivity index (χ3v) is 5.14. The van der Waals surface area contributed by atoms with E-state index < -0.39 is 9.84 Å². The summed E-state index contributed by atoms with van der Waals surface area (Å²) >= 11 is 0. The van der Waals surface area contributed by atoms with Gasteiger partial charge in [-0.3, -0.25) is 4.98 Å². The molecule has 1 aliphatic rings. The second kappa shape index (κ2) is 4.31. The van der Waals surface area contributed by atoms with Crippen molar-refractivity contribution < 1.29 is 8.42 Å². The number of nitrogens with zero attached hydrogens (tertiary/aromatic N) is 4. The first-order valence-corrected chi connectivity index (χ1v) is 7.80. The fraction of sp³-hybridized carbons (Fsp3) is 0.545. The minimum absolute atomic E-state index is 0.297. The van der Waals surface area contributed by atoms with E-state index in [9.17, 15) is 8.42 Å². The Morgan fingerprint density at radius 2 is 2.11 bits per heavy atom. The lowest BCUT2D eigenvalue weighted by atomic mass is 10.0. The van der Waals surface area contributed by atoms with Gasteiger partial charge in [-0.1, -0.05) is 5.21 Å². The van der Waals surface area contributed by atoms with E-state index in [1.165, 1.54) is 0 Å². The normalized spacial score (nSPS) is 20.2. The van der Waals surface area contributed by atoms with Gasteiger partial charge in [0.15, 0.2) is 0 Å². The first-order chi connectivity index (χ1) is 8.64. The quantitative estimate of drug-likeness (QED) is 0.797. The molecule has 1 saturated heterocycles. The number of rotatable bonds is 2. The Kier molecular flexibility index (Phi) is 2.77. The maximum absolute atomic E-state index is 11.4. The Balaban J connectivity index is 1.77. The Morgan fingerprint density at radius 3 is 2.89 bits per heavy atom. The summed E-state index contributed by atoms with van der Waals surface area (Å²) in [5.41, 5.74) is 1.74. The van der Waals surface area contributed by atoms with Crippen LogP contribution in [-0.2, 0) is 16.4 Å². The van der Waals surface area contributed by atoms with E-state index in [0.717, 1.165) is 30.4 Å². The molecule has 96 valence electrons. The maximum Gasteiger partial charge on any atom is 0.150 e. The van der Waals surface area contributed by atoms with Crippen LogP contribution >= 0.6 is 0 Å². The van der Waals surface area contributed by atoms with Gasteiger partial charge in [-0.25, -0.2) is 13.1 Å². The van der Waals surface area contributed by atoms with Crippen LogP contribution in [0.5, 0.6) is 0 Å². The first kappa shape index (κ1) is 11.6. The van der Waals surface area contributed by atoms with Crippen LogP contribution in [0.15, 0.2) is 18.5 Å². The lowest BCUT2D eigenvalue weighted by Crippen LogP contribution is -2.26. The molecule has 0 bridgehead atoms. The summed E-state index contributed by atoms with van der Waals surface area (Å²) in [7, 11) is -2.79. The molecular formula is C11H14N4O2S. The number of pyridine rings is 1. The molecule has 2 aromatic heterocycles. The molecule has 2 aromatic rings. The van der Waals surface area contributed by atoms with Crippen LogP contribution in [-0.4, -0.2) is 39.9 Å². The molecule has 3 rings (SSSR count). The predicted molar refractivity (Wildman–Crippen MR) is 66.7 cm³/mol. The highest BCUT2D eigenvalue weighted by atomic mass is 32.2.